The molecule has 3 aromatic rings. The fraction of sp³-hybridized carbons (Fsp3) is 0.200. The maximum atomic E-state index is 12.6. The predicted octanol–water partition coefficient (Wildman–Crippen LogP) is 3.71. The lowest BCUT2D eigenvalue weighted by molar-refractivity contribution is -0.139. The number of carbonyl (C=O) groups excluding carboxylic acids is 2. The molecule has 8 heteroatoms. The Morgan fingerprint density at radius 1 is 0.970 bits per heavy atom. The van der Waals surface area contributed by atoms with Crippen LogP contribution in [0.15, 0.2) is 66.7 Å². The van der Waals surface area contributed by atoms with E-state index in [1.54, 1.807) is 25.1 Å². The fourth-order valence-corrected chi connectivity index (χ4v) is 3.99. The number of ether oxygens (including phenoxy) is 1. The number of rotatable bonds is 7. The van der Waals surface area contributed by atoms with E-state index in [0.717, 1.165) is 22.3 Å². The van der Waals surface area contributed by atoms with Crippen LogP contribution in [0.25, 0.3) is 11.1 Å². The van der Waals surface area contributed by atoms with Crippen molar-refractivity contribution in [3.63, 3.8) is 0 Å². The van der Waals surface area contributed by atoms with Gasteiger partial charge in [0.15, 0.2) is 0 Å². The number of amides is 2. The van der Waals surface area contributed by atoms with Gasteiger partial charge in [0.25, 0.3) is 0 Å². The Morgan fingerprint density at radius 2 is 1.61 bits per heavy atom. The number of fused-ring (bicyclic) bond motifs is 3. The summed E-state index contributed by atoms with van der Waals surface area (Å²) in [5.41, 5.74) is 4.98. The molecule has 168 valence electrons. The van der Waals surface area contributed by atoms with E-state index < -0.39 is 30.4 Å². The summed E-state index contributed by atoms with van der Waals surface area (Å²) in [7, 11) is 0. The van der Waals surface area contributed by atoms with Crippen LogP contribution in [0.3, 0.4) is 0 Å². The average Bonchev–Trinajstić information content (AvgIpc) is 3.11. The molecular formula is C25H23N3O5. The van der Waals surface area contributed by atoms with E-state index in [1.165, 1.54) is 0 Å². The number of carboxylic acids is 1. The molecule has 0 radical (unpaired) electrons. The second-order valence-electron chi connectivity index (χ2n) is 7.77. The lowest BCUT2D eigenvalue weighted by Gasteiger charge is -2.18. The molecule has 2 aromatic carbocycles. The Bertz CT molecular complexity index is 1160. The van der Waals surface area contributed by atoms with E-state index in [2.05, 4.69) is 15.6 Å². The number of hydrogen-bond acceptors (Lipinski definition) is 5. The van der Waals surface area contributed by atoms with E-state index in [1.807, 2.05) is 48.5 Å². The Labute approximate surface area is 190 Å². The lowest BCUT2D eigenvalue weighted by Crippen LogP contribution is -2.45. The van der Waals surface area contributed by atoms with Gasteiger partial charge in [-0.1, -0.05) is 54.6 Å². The summed E-state index contributed by atoms with van der Waals surface area (Å²) in [5, 5.41) is 14.1. The molecular weight excluding hydrogens is 422 g/mol. The maximum Gasteiger partial charge on any atom is 0.407 e. The van der Waals surface area contributed by atoms with Gasteiger partial charge in [-0.3, -0.25) is 9.59 Å². The number of aromatic nitrogens is 1. The minimum absolute atomic E-state index is 0.0563. The molecule has 1 aromatic heterocycles. The molecule has 0 saturated carbocycles. The molecule has 1 aliphatic carbocycles. The number of anilines is 1. The standard InChI is InChI=1S/C25H23N3O5/c1-15-7-6-12-22(26-15)28-24(31)21(13-23(29)30)27-25(32)33-14-20-18-10-4-2-8-16(18)17-9-3-5-11-19(17)20/h2-12,20-21H,13-14H2,1H3,(H,27,32)(H,29,30)(H,26,28,31). The summed E-state index contributed by atoms with van der Waals surface area (Å²) in [6.07, 6.45) is -1.46. The lowest BCUT2D eigenvalue weighted by atomic mass is 9.98. The summed E-state index contributed by atoms with van der Waals surface area (Å²) >= 11 is 0. The Kier molecular flexibility index (Phi) is 6.35. The van der Waals surface area contributed by atoms with Crippen LogP contribution in [0.1, 0.15) is 29.2 Å². The van der Waals surface area contributed by atoms with Gasteiger partial charge in [0.05, 0.1) is 6.42 Å². The van der Waals surface area contributed by atoms with Crippen molar-refractivity contribution >= 4 is 23.8 Å². The van der Waals surface area contributed by atoms with Gasteiger partial charge in [0.2, 0.25) is 5.91 Å². The minimum atomic E-state index is -1.32. The molecule has 8 nitrogen and oxygen atoms in total. The third-order valence-electron chi connectivity index (χ3n) is 5.47. The highest BCUT2D eigenvalue weighted by Crippen LogP contribution is 2.44. The molecule has 0 spiro atoms. The van der Waals surface area contributed by atoms with Gasteiger partial charge >= 0.3 is 12.1 Å². The first-order valence-corrected chi connectivity index (χ1v) is 10.5. The first-order valence-electron chi connectivity index (χ1n) is 10.5. The van der Waals surface area contributed by atoms with Crippen molar-refractivity contribution in [2.45, 2.75) is 25.3 Å². The van der Waals surface area contributed by atoms with Crippen LogP contribution in [0.2, 0.25) is 0 Å². The smallest absolute Gasteiger partial charge is 0.407 e. The summed E-state index contributed by atoms with van der Waals surface area (Å²) in [6, 6.07) is 19.6. The Hall–Kier alpha value is -4.20. The van der Waals surface area contributed by atoms with Crippen LogP contribution in [-0.4, -0.2) is 40.7 Å². The van der Waals surface area contributed by atoms with Crippen molar-refractivity contribution in [1.29, 1.82) is 0 Å². The number of nitrogens with zero attached hydrogens (tertiary/aromatic N) is 1. The molecule has 0 fully saturated rings. The topological polar surface area (TPSA) is 118 Å². The van der Waals surface area contributed by atoms with Crippen molar-refractivity contribution < 1.29 is 24.2 Å². The number of pyridine rings is 1. The molecule has 1 unspecified atom stereocenters. The zero-order chi connectivity index (χ0) is 23.4. The SMILES string of the molecule is Cc1cccc(NC(=O)C(CC(=O)O)NC(=O)OCC2c3ccccc3-c3ccccc32)n1. The summed E-state index contributed by atoms with van der Waals surface area (Å²) in [4.78, 5) is 40.5. The van der Waals surface area contributed by atoms with Gasteiger partial charge in [-0.15, -0.1) is 0 Å². The Morgan fingerprint density at radius 3 is 2.21 bits per heavy atom. The highest BCUT2D eigenvalue weighted by molar-refractivity contribution is 5.98. The van der Waals surface area contributed by atoms with Gasteiger partial charge in [-0.2, -0.15) is 0 Å². The predicted molar refractivity (Wildman–Crippen MR) is 122 cm³/mol. The van der Waals surface area contributed by atoms with Crippen LogP contribution in [0, 0.1) is 6.92 Å². The number of aryl methyl sites for hydroxylation is 1. The largest absolute Gasteiger partial charge is 0.481 e. The fourth-order valence-electron chi connectivity index (χ4n) is 3.99. The molecule has 0 bridgehead atoms. The van der Waals surface area contributed by atoms with E-state index in [0.29, 0.717) is 5.69 Å². The van der Waals surface area contributed by atoms with Crippen LogP contribution in [-0.2, 0) is 14.3 Å². The zero-order valence-corrected chi connectivity index (χ0v) is 17.9. The molecule has 0 aliphatic heterocycles. The second-order valence-corrected chi connectivity index (χ2v) is 7.77. The Balaban J connectivity index is 1.43. The molecule has 3 N–H and O–H groups in total. The normalized spacial score (nSPS) is 12.9. The molecule has 1 atom stereocenters. The number of hydrogen-bond donors (Lipinski definition) is 3. The third kappa shape index (κ3) is 5.01. The van der Waals surface area contributed by atoms with Crippen LogP contribution in [0.4, 0.5) is 10.6 Å². The van der Waals surface area contributed by atoms with Gasteiger partial charge in [0, 0.05) is 11.6 Å². The molecule has 1 heterocycles. The summed E-state index contributed by atoms with van der Waals surface area (Å²) < 4.78 is 5.43. The van der Waals surface area contributed by atoms with Crippen LogP contribution >= 0.6 is 0 Å². The minimum Gasteiger partial charge on any atom is -0.481 e. The van der Waals surface area contributed by atoms with E-state index >= 15 is 0 Å². The average molecular weight is 445 g/mol. The highest BCUT2D eigenvalue weighted by atomic mass is 16.5. The van der Waals surface area contributed by atoms with Gasteiger partial charge in [0.1, 0.15) is 18.5 Å². The van der Waals surface area contributed by atoms with E-state index in [4.69, 9.17) is 4.74 Å². The van der Waals surface area contributed by atoms with Crippen LogP contribution < -0.4 is 10.6 Å². The maximum absolute atomic E-state index is 12.6. The van der Waals surface area contributed by atoms with Crippen molar-refractivity contribution in [1.82, 2.24) is 10.3 Å². The quantitative estimate of drug-likeness (QED) is 0.510. The van der Waals surface area contributed by atoms with Crippen molar-refractivity contribution in [2.75, 3.05) is 11.9 Å². The van der Waals surface area contributed by atoms with Gasteiger partial charge in [-0.25, -0.2) is 9.78 Å². The summed E-state index contributed by atoms with van der Waals surface area (Å²) in [6.45, 7) is 1.82. The molecule has 4 rings (SSSR count). The van der Waals surface area contributed by atoms with Gasteiger partial charge in [-0.05, 0) is 41.3 Å². The van der Waals surface area contributed by atoms with E-state index in [9.17, 15) is 19.5 Å². The number of aliphatic carboxylic acids is 1. The van der Waals surface area contributed by atoms with E-state index in [-0.39, 0.29) is 18.3 Å². The number of alkyl carbamates (subject to hydrolysis) is 1. The molecule has 1 aliphatic rings. The van der Waals surface area contributed by atoms with Crippen molar-refractivity contribution in [3.05, 3.63) is 83.6 Å². The van der Waals surface area contributed by atoms with Crippen LogP contribution in [0.5, 0.6) is 0 Å². The van der Waals surface area contributed by atoms with Crippen molar-refractivity contribution in [3.8, 4) is 11.1 Å². The monoisotopic (exact) mass is 445 g/mol. The highest BCUT2D eigenvalue weighted by Gasteiger charge is 2.30. The first-order chi connectivity index (χ1) is 15.9. The number of nitrogens with one attached hydrogen (secondary N) is 2. The molecule has 2 amide bonds. The molecule has 0 saturated heterocycles. The number of carbonyl (C=O) groups is 3. The number of benzene rings is 2. The van der Waals surface area contributed by atoms with Crippen molar-refractivity contribution in [2.24, 2.45) is 0 Å². The summed E-state index contributed by atoms with van der Waals surface area (Å²) in [5.74, 6) is -1.80. The first kappa shape index (κ1) is 22.0. The number of carboxylic acid groups (broad SMARTS) is 1. The third-order valence-corrected chi connectivity index (χ3v) is 5.47. The van der Waals surface area contributed by atoms with Gasteiger partial charge < -0.3 is 20.5 Å². The second kappa shape index (κ2) is 9.52. The zero-order valence-electron chi connectivity index (χ0n) is 17.9. The molecule has 33 heavy (non-hydrogen) atoms.